The fourth-order valence-corrected chi connectivity index (χ4v) is 5.43. The highest BCUT2D eigenvalue weighted by molar-refractivity contribution is 5.94. The lowest BCUT2D eigenvalue weighted by Gasteiger charge is -2.38. The third-order valence-electron chi connectivity index (χ3n) is 6.96. The second-order valence-electron chi connectivity index (χ2n) is 8.25. The summed E-state index contributed by atoms with van der Waals surface area (Å²) < 4.78 is 0. The molecule has 2 atom stereocenters. The van der Waals surface area contributed by atoms with Crippen molar-refractivity contribution in [3.63, 3.8) is 0 Å². The smallest absolute Gasteiger partial charge is 0.253 e. The van der Waals surface area contributed by atoms with E-state index in [2.05, 4.69) is 16.7 Å². The molecular weight excluding hydrogens is 338 g/mol. The van der Waals surface area contributed by atoms with Crippen molar-refractivity contribution in [2.24, 2.45) is 5.41 Å². The molecule has 0 aromatic heterocycles. The van der Waals surface area contributed by atoms with Gasteiger partial charge in [0.1, 0.15) is 0 Å². The first-order valence-electron chi connectivity index (χ1n) is 10.5. The number of hydrogen-bond acceptors (Lipinski definition) is 3. The number of rotatable bonds is 3. The Labute approximate surface area is 162 Å². The number of likely N-dealkylation sites (tertiary alicyclic amines) is 3. The maximum Gasteiger partial charge on any atom is 0.253 e. The molecule has 0 spiro atoms. The van der Waals surface area contributed by atoms with Crippen LogP contribution >= 0.6 is 0 Å². The van der Waals surface area contributed by atoms with Gasteiger partial charge >= 0.3 is 0 Å². The molecule has 0 aliphatic carbocycles. The Kier molecular flexibility index (Phi) is 5.22. The molecule has 0 saturated carbocycles. The van der Waals surface area contributed by atoms with Crippen LogP contribution in [0.4, 0.5) is 0 Å². The Morgan fingerprint density at radius 3 is 2.37 bits per heavy atom. The molecule has 146 valence electrons. The van der Waals surface area contributed by atoms with E-state index in [1.165, 1.54) is 0 Å². The molecule has 2 amide bonds. The van der Waals surface area contributed by atoms with Crippen molar-refractivity contribution in [2.75, 3.05) is 39.3 Å². The first kappa shape index (κ1) is 18.5. The third-order valence-corrected chi connectivity index (χ3v) is 6.96. The zero-order chi connectivity index (χ0) is 18.9. The van der Waals surface area contributed by atoms with E-state index in [9.17, 15) is 9.59 Å². The molecule has 1 aromatic rings. The van der Waals surface area contributed by atoms with Crippen molar-refractivity contribution in [1.82, 2.24) is 14.7 Å². The van der Waals surface area contributed by atoms with Crippen LogP contribution in [-0.2, 0) is 4.79 Å². The summed E-state index contributed by atoms with van der Waals surface area (Å²) in [6.45, 7) is 7.41. The summed E-state index contributed by atoms with van der Waals surface area (Å²) in [5.74, 6) is 0.456. The minimum absolute atomic E-state index is 0.0994. The van der Waals surface area contributed by atoms with E-state index < -0.39 is 0 Å². The zero-order valence-corrected chi connectivity index (χ0v) is 16.4. The second-order valence-corrected chi connectivity index (χ2v) is 8.25. The van der Waals surface area contributed by atoms with Crippen LogP contribution in [0.25, 0.3) is 0 Å². The lowest BCUT2D eigenvalue weighted by molar-refractivity contribution is -0.143. The highest BCUT2D eigenvalue weighted by Crippen LogP contribution is 2.45. The van der Waals surface area contributed by atoms with Gasteiger partial charge in [-0.25, -0.2) is 0 Å². The van der Waals surface area contributed by atoms with Crippen molar-refractivity contribution >= 4 is 11.8 Å². The minimum Gasteiger partial charge on any atom is -0.342 e. The molecule has 5 nitrogen and oxygen atoms in total. The van der Waals surface area contributed by atoms with Crippen molar-refractivity contribution in [3.05, 3.63) is 35.9 Å². The summed E-state index contributed by atoms with van der Waals surface area (Å²) in [4.78, 5) is 33.1. The van der Waals surface area contributed by atoms with Crippen molar-refractivity contribution in [1.29, 1.82) is 0 Å². The van der Waals surface area contributed by atoms with Crippen LogP contribution in [0.2, 0.25) is 0 Å². The van der Waals surface area contributed by atoms with Crippen LogP contribution < -0.4 is 0 Å². The number of fused-ring (bicyclic) bond motifs is 1. The Morgan fingerprint density at radius 2 is 1.67 bits per heavy atom. The van der Waals surface area contributed by atoms with Crippen LogP contribution in [0.1, 0.15) is 49.4 Å². The van der Waals surface area contributed by atoms with E-state index in [1.807, 2.05) is 35.2 Å². The Hall–Kier alpha value is -1.88. The fourth-order valence-electron chi connectivity index (χ4n) is 5.43. The highest BCUT2D eigenvalue weighted by Gasteiger charge is 2.54. The highest BCUT2D eigenvalue weighted by atomic mass is 16.2. The first-order chi connectivity index (χ1) is 13.2. The van der Waals surface area contributed by atoms with Gasteiger partial charge in [0, 0.05) is 37.8 Å². The lowest BCUT2D eigenvalue weighted by Crippen LogP contribution is -2.50. The Balaban J connectivity index is 1.57. The van der Waals surface area contributed by atoms with Crippen LogP contribution in [0.3, 0.4) is 0 Å². The third kappa shape index (κ3) is 3.27. The molecule has 0 bridgehead atoms. The molecule has 3 aliphatic rings. The maximum atomic E-state index is 13.6. The number of amides is 2. The molecule has 1 aromatic carbocycles. The van der Waals surface area contributed by atoms with Gasteiger partial charge in [0.25, 0.3) is 5.91 Å². The van der Waals surface area contributed by atoms with Gasteiger partial charge in [-0.1, -0.05) is 25.1 Å². The van der Waals surface area contributed by atoms with Crippen molar-refractivity contribution in [3.8, 4) is 0 Å². The van der Waals surface area contributed by atoms with E-state index in [-0.39, 0.29) is 17.4 Å². The van der Waals surface area contributed by atoms with Crippen molar-refractivity contribution < 1.29 is 9.59 Å². The average Bonchev–Trinajstić information content (AvgIpc) is 3.32. The summed E-state index contributed by atoms with van der Waals surface area (Å²) in [7, 11) is 0. The molecule has 0 unspecified atom stereocenters. The predicted molar refractivity (Wildman–Crippen MR) is 105 cm³/mol. The molecule has 4 rings (SSSR count). The molecule has 5 heteroatoms. The zero-order valence-electron chi connectivity index (χ0n) is 16.4. The van der Waals surface area contributed by atoms with E-state index in [4.69, 9.17) is 0 Å². The summed E-state index contributed by atoms with van der Waals surface area (Å²) in [6, 6.07) is 9.80. The van der Waals surface area contributed by atoms with E-state index >= 15 is 0 Å². The van der Waals surface area contributed by atoms with E-state index in [0.717, 1.165) is 70.4 Å². The first-order valence-corrected chi connectivity index (χ1v) is 10.5. The van der Waals surface area contributed by atoms with Gasteiger partial charge in [0.2, 0.25) is 5.91 Å². The largest absolute Gasteiger partial charge is 0.342 e. The molecule has 3 aliphatic heterocycles. The number of carbonyl (C=O) groups excluding carboxylic acids is 2. The van der Waals surface area contributed by atoms with Gasteiger partial charge in [-0.05, 0) is 57.3 Å². The maximum absolute atomic E-state index is 13.6. The fraction of sp³-hybridized carbons (Fsp3) is 0.636. The van der Waals surface area contributed by atoms with E-state index in [1.54, 1.807) is 0 Å². The lowest BCUT2D eigenvalue weighted by atomic mass is 9.75. The van der Waals surface area contributed by atoms with Gasteiger partial charge in [0.05, 0.1) is 5.41 Å². The Morgan fingerprint density at radius 1 is 0.963 bits per heavy atom. The molecule has 3 saturated heterocycles. The second kappa shape index (κ2) is 7.63. The summed E-state index contributed by atoms with van der Waals surface area (Å²) in [6.07, 6.45) is 4.88. The molecule has 0 N–H and O–H groups in total. The van der Waals surface area contributed by atoms with E-state index in [0.29, 0.717) is 12.5 Å². The van der Waals surface area contributed by atoms with Crippen LogP contribution in [0, 0.1) is 5.41 Å². The number of hydrogen-bond donors (Lipinski definition) is 0. The quantitative estimate of drug-likeness (QED) is 0.823. The van der Waals surface area contributed by atoms with Crippen molar-refractivity contribution in [2.45, 2.75) is 45.1 Å². The van der Waals surface area contributed by atoms with Crippen LogP contribution in [0.5, 0.6) is 0 Å². The number of carbonyl (C=O) groups is 2. The SMILES string of the molecule is CCN1CC[C@]2(C(=O)N3CCCC3)CCN(C(=O)c3ccccc3)CC[C@H]12. The summed E-state index contributed by atoms with van der Waals surface area (Å²) in [5.41, 5.74) is 0.448. The Bertz CT molecular complexity index is 686. The minimum atomic E-state index is -0.300. The molecule has 3 heterocycles. The van der Waals surface area contributed by atoms with Gasteiger partial charge in [-0.15, -0.1) is 0 Å². The van der Waals surface area contributed by atoms with Gasteiger partial charge in [0.15, 0.2) is 0 Å². The molecular formula is C22H31N3O2. The monoisotopic (exact) mass is 369 g/mol. The molecule has 0 radical (unpaired) electrons. The van der Waals surface area contributed by atoms with Gasteiger partial charge in [-0.2, -0.15) is 0 Å². The summed E-state index contributed by atoms with van der Waals surface area (Å²) in [5, 5.41) is 0. The van der Waals surface area contributed by atoms with Gasteiger partial charge < -0.3 is 9.80 Å². The predicted octanol–water partition coefficient (Wildman–Crippen LogP) is 2.63. The van der Waals surface area contributed by atoms with Crippen LogP contribution in [0.15, 0.2) is 30.3 Å². The topological polar surface area (TPSA) is 43.9 Å². The normalized spacial score (nSPS) is 28.9. The average molecular weight is 370 g/mol. The van der Waals surface area contributed by atoms with Gasteiger partial charge in [-0.3, -0.25) is 14.5 Å². The molecule has 27 heavy (non-hydrogen) atoms. The summed E-state index contributed by atoms with van der Waals surface area (Å²) >= 11 is 0. The molecule has 3 fully saturated rings. The van der Waals surface area contributed by atoms with Crippen LogP contribution in [-0.4, -0.2) is 71.8 Å². The standard InChI is InChI=1S/C22H31N3O2/c1-2-23-16-11-22(21(27)25-13-6-7-14-25)12-17-24(15-10-19(22)23)20(26)18-8-4-3-5-9-18/h3-5,8-9,19H,2,6-7,10-17H2,1H3/t19-,22-/m0/s1. The number of nitrogens with zero attached hydrogens (tertiary/aromatic N) is 3. The number of benzene rings is 1.